The van der Waals surface area contributed by atoms with Gasteiger partial charge in [0.05, 0.1) is 37.7 Å². The van der Waals surface area contributed by atoms with Crippen molar-refractivity contribution in [3.63, 3.8) is 0 Å². The van der Waals surface area contributed by atoms with Crippen LogP contribution in [0, 0.1) is 5.82 Å². The van der Waals surface area contributed by atoms with Crippen LogP contribution in [0.25, 0.3) is 6.08 Å². The second-order valence-electron chi connectivity index (χ2n) is 10.5. The summed E-state index contributed by atoms with van der Waals surface area (Å²) in [4.78, 5) is 54.4. The van der Waals surface area contributed by atoms with Crippen LogP contribution in [-0.2, 0) is 19.0 Å². The maximum atomic E-state index is 14.8. The van der Waals surface area contributed by atoms with E-state index in [1.165, 1.54) is 39.5 Å². The van der Waals surface area contributed by atoms with Crippen LogP contribution in [0.5, 0.6) is 0 Å². The van der Waals surface area contributed by atoms with Crippen LogP contribution in [0.15, 0.2) is 60.3 Å². The number of benzene rings is 2. The Bertz CT molecular complexity index is 1450. The number of rotatable bonds is 11. The first-order valence-electron chi connectivity index (χ1n) is 14.5. The number of nitrogens with one attached hydrogen (secondary N) is 3. The van der Waals surface area contributed by atoms with Crippen molar-refractivity contribution in [2.75, 3.05) is 59.0 Å². The second kappa shape index (κ2) is 15.3. The van der Waals surface area contributed by atoms with E-state index in [1.54, 1.807) is 12.1 Å². The SMILES string of the molecule is C=Cc1ccc(C2C(C(=O)OC)=C(COC)NC(=O)N2C(=O)NCCNC2CCN(c3ccc(C(=O)OC)cc3)CC2)cc1F. The molecule has 1 unspecified atom stereocenters. The van der Waals surface area contributed by atoms with Crippen LogP contribution >= 0.6 is 0 Å². The summed E-state index contributed by atoms with van der Waals surface area (Å²) >= 11 is 0. The number of methoxy groups -OCH3 is 3. The zero-order valence-electron chi connectivity index (χ0n) is 25.6. The predicted octanol–water partition coefficient (Wildman–Crippen LogP) is 3.36. The summed E-state index contributed by atoms with van der Waals surface area (Å²) in [6, 6.07) is 8.82. The zero-order valence-corrected chi connectivity index (χ0v) is 25.6. The maximum absolute atomic E-state index is 14.8. The lowest BCUT2D eigenvalue weighted by Gasteiger charge is -2.37. The molecule has 2 aromatic carbocycles. The molecule has 0 radical (unpaired) electrons. The van der Waals surface area contributed by atoms with Gasteiger partial charge in [-0.15, -0.1) is 0 Å². The van der Waals surface area contributed by atoms with Crippen LogP contribution in [0.2, 0.25) is 0 Å². The van der Waals surface area contributed by atoms with Gasteiger partial charge in [-0.3, -0.25) is 0 Å². The van der Waals surface area contributed by atoms with Gasteiger partial charge in [-0.2, -0.15) is 0 Å². The molecule has 0 bridgehead atoms. The highest BCUT2D eigenvalue weighted by molar-refractivity contribution is 6.01. The average Bonchev–Trinajstić information content (AvgIpc) is 3.06. The summed E-state index contributed by atoms with van der Waals surface area (Å²) < 4.78 is 29.7. The van der Waals surface area contributed by atoms with Crippen LogP contribution in [0.4, 0.5) is 19.7 Å². The van der Waals surface area contributed by atoms with E-state index in [-0.39, 0.29) is 47.6 Å². The lowest BCUT2D eigenvalue weighted by molar-refractivity contribution is -0.137. The van der Waals surface area contributed by atoms with E-state index in [2.05, 4.69) is 27.4 Å². The fourth-order valence-corrected chi connectivity index (χ4v) is 5.47. The number of piperidine rings is 1. The molecule has 1 atom stereocenters. The van der Waals surface area contributed by atoms with Crippen molar-refractivity contribution in [1.82, 2.24) is 20.9 Å². The molecule has 4 amide bonds. The Morgan fingerprint density at radius 3 is 2.31 bits per heavy atom. The van der Waals surface area contributed by atoms with Gasteiger partial charge in [0, 0.05) is 50.6 Å². The van der Waals surface area contributed by atoms with Crippen molar-refractivity contribution < 1.29 is 37.8 Å². The first-order valence-corrected chi connectivity index (χ1v) is 14.5. The Labute approximate surface area is 261 Å². The van der Waals surface area contributed by atoms with Crippen molar-refractivity contribution in [3.8, 4) is 0 Å². The molecular weight excluding hydrogens is 585 g/mol. The Balaban J connectivity index is 1.39. The van der Waals surface area contributed by atoms with E-state index in [4.69, 9.17) is 14.2 Å². The van der Waals surface area contributed by atoms with E-state index in [1.807, 2.05) is 12.1 Å². The van der Waals surface area contributed by atoms with Crippen LogP contribution in [0.3, 0.4) is 0 Å². The molecule has 2 aromatic rings. The largest absolute Gasteiger partial charge is 0.466 e. The molecule has 0 spiro atoms. The first-order chi connectivity index (χ1) is 21.7. The summed E-state index contributed by atoms with van der Waals surface area (Å²) in [5, 5.41) is 8.72. The number of hydrogen-bond acceptors (Lipinski definition) is 9. The number of nitrogens with zero attached hydrogens (tertiary/aromatic N) is 2. The normalized spacial score (nSPS) is 17.1. The Kier molecular flexibility index (Phi) is 11.3. The molecule has 13 heteroatoms. The fourth-order valence-electron chi connectivity index (χ4n) is 5.47. The number of urea groups is 2. The molecule has 4 rings (SSSR count). The van der Waals surface area contributed by atoms with Gasteiger partial charge in [-0.25, -0.2) is 28.5 Å². The van der Waals surface area contributed by atoms with E-state index >= 15 is 0 Å². The zero-order chi connectivity index (χ0) is 32.5. The number of halogens is 1. The maximum Gasteiger partial charge on any atom is 0.338 e. The van der Waals surface area contributed by atoms with Crippen LogP contribution in [0.1, 0.15) is 40.4 Å². The Hall–Kier alpha value is -4.75. The van der Waals surface area contributed by atoms with Crippen molar-refractivity contribution in [2.45, 2.75) is 24.9 Å². The number of imide groups is 1. The minimum atomic E-state index is -1.27. The molecule has 2 aliphatic rings. The highest BCUT2D eigenvalue weighted by Gasteiger charge is 2.43. The van der Waals surface area contributed by atoms with Crippen molar-refractivity contribution in [2.24, 2.45) is 0 Å². The van der Waals surface area contributed by atoms with E-state index in [0.29, 0.717) is 12.1 Å². The number of esters is 2. The summed E-state index contributed by atoms with van der Waals surface area (Å²) in [6.45, 7) is 5.69. The minimum Gasteiger partial charge on any atom is -0.466 e. The van der Waals surface area contributed by atoms with Crippen molar-refractivity contribution >= 4 is 35.8 Å². The van der Waals surface area contributed by atoms with E-state index in [9.17, 15) is 23.6 Å². The molecule has 0 saturated carbocycles. The Morgan fingerprint density at radius 2 is 1.71 bits per heavy atom. The van der Waals surface area contributed by atoms with E-state index in [0.717, 1.165) is 42.6 Å². The number of carbonyl (C=O) groups excluding carboxylic acids is 4. The monoisotopic (exact) mass is 623 g/mol. The van der Waals surface area contributed by atoms with Gasteiger partial charge < -0.3 is 35.1 Å². The number of anilines is 1. The molecule has 240 valence electrons. The third-order valence-corrected chi connectivity index (χ3v) is 7.79. The lowest BCUT2D eigenvalue weighted by atomic mass is 9.92. The smallest absolute Gasteiger partial charge is 0.338 e. The molecule has 3 N–H and O–H groups in total. The van der Waals surface area contributed by atoms with Crippen LogP contribution < -0.4 is 20.9 Å². The topological polar surface area (TPSA) is 139 Å². The first kappa shape index (κ1) is 33.1. The molecular formula is C32H38FN5O7. The molecule has 0 aromatic heterocycles. The van der Waals surface area contributed by atoms with Gasteiger partial charge in [0.1, 0.15) is 11.9 Å². The number of ether oxygens (including phenoxy) is 3. The van der Waals surface area contributed by atoms with Gasteiger partial charge in [0.2, 0.25) is 0 Å². The molecule has 12 nitrogen and oxygen atoms in total. The number of carbonyl (C=O) groups is 4. The van der Waals surface area contributed by atoms with Gasteiger partial charge in [0.15, 0.2) is 0 Å². The quantitative estimate of drug-likeness (QED) is 0.254. The molecule has 0 aliphatic carbocycles. The molecule has 2 aliphatic heterocycles. The standard InChI is InChI=1S/C32H38FN5O7/c1-5-20-6-7-22(18-25(20)33)28-27(30(40)45-4)26(19-43-2)36-32(42)38(28)31(41)35-15-14-34-23-12-16-37(17-13-23)24-10-8-21(9-11-24)29(39)44-3/h5-11,18,23,28,34H,1,12-17,19H2,2-4H3,(H,35,41)(H,36,42). The number of hydrogen-bond donors (Lipinski definition) is 3. The van der Waals surface area contributed by atoms with Crippen molar-refractivity contribution in [1.29, 1.82) is 0 Å². The van der Waals surface area contributed by atoms with Gasteiger partial charge in [-0.1, -0.05) is 24.8 Å². The highest BCUT2D eigenvalue weighted by atomic mass is 19.1. The van der Waals surface area contributed by atoms with Gasteiger partial charge in [0.25, 0.3) is 0 Å². The fraction of sp³-hybridized carbons (Fsp3) is 0.375. The average molecular weight is 624 g/mol. The second-order valence-corrected chi connectivity index (χ2v) is 10.5. The van der Waals surface area contributed by atoms with E-state index < -0.39 is 29.9 Å². The summed E-state index contributed by atoms with van der Waals surface area (Å²) in [7, 11) is 3.92. The lowest BCUT2D eigenvalue weighted by Crippen LogP contribution is -2.56. The summed E-state index contributed by atoms with van der Waals surface area (Å²) in [5.74, 6) is -1.80. The van der Waals surface area contributed by atoms with Crippen molar-refractivity contribution in [3.05, 3.63) is 82.8 Å². The predicted molar refractivity (Wildman–Crippen MR) is 165 cm³/mol. The molecule has 1 fully saturated rings. The van der Waals surface area contributed by atoms with Gasteiger partial charge in [-0.05, 0) is 48.7 Å². The summed E-state index contributed by atoms with van der Waals surface area (Å²) in [6.07, 6.45) is 3.07. The molecule has 45 heavy (non-hydrogen) atoms. The summed E-state index contributed by atoms with van der Waals surface area (Å²) in [5.41, 5.74) is 2.01. The van der Waals surface area contributed by atoms with Gasteiger partial charge >= 0.3 is 24.0 Å². The minimum absolute atomic E-state index is 0.0512. The third-order valence-electron chi connectivity index (χ3n) is 7.79. The van der Waals surface area contributed by atoms with Crippen LogP contribution in [-0.4, -0.2) is 89.1 Å². The molecule has 1 saturated heterocycles. The third kappa shape index (κ3) is 7.67. The Morgan fingerprint density at radius 1 is 1.02 bits per heavy atom. The molecule has 2 heterocycles. The number of amides is 4. The highest BCUT2D eigenvalue weighted by Crippen LogP contribution is 2.35.